The highest BCUT2D eigenvalue weighted by molar-refractivity contribution is 5.89. The van der Waals surface area contributed by atoms with Crippen LogP contribution in [-0.4, -0.2) is 33.5 Å². The van der Waals surface area contributed by atoms with E-state index in [4.69, 9.17) is 5.11 Å². The lowest BCUT2D eigenvalue weighted by Gasteiger charge is -2.08. The van der Waals surface area contributed by atoms with Crippen molar-refractivity contribution in [3.8, 4) is 0 Å². The maximum Gasteiger partial charge on any atom is 0.335 e. The first-order chi connectivity index (χ1) is 16.0. The van der Waals surface area contributed by atoms with Gasteiger partial charge in [0.1, 0.15) is 5.82 Å². The fraction of sp³-hybridized carbons (Fsp3) is 0.280. The number of amides is 1. The maximum atomic E-state index is 11.7. The first-order valence-electron chi connectivity index (χ1n) is 11.1. The molecule has 0 fully saturated rings. The van der Waals surface area contributed by atoms with E-state index in [1.807, 2.05) is 6.92 Å². The van der Waals surface area contributed by atoms with Crippen molar-refractivity contribution in [3.05, 3.63) is 77.5 Å². The van der Waals surface area contributed by atoms with Crippen LogP contribution in [0.1, 0.15) is 47.7 Å². The Morgan fingerprint density at radius 3 is 2.61 bits per heavy atom. The molecule has 1 aromatic heterocycles. The number of carbonyl (C=O) groups excluding carboxylic acids is 1. The van der Waals surface area contributed by atoms with Crippen molar-refractivity contribution >= 4 is 29.3 Å². The number of nitrogens with one attached hydrogen (secondary N) is 3. The van der Waals surface area contributed by atoms with Crippen molar-refractivity contribution in [2.75, 3.05) is 22.5 Å². The number of hydrogen-bond donors (Lipinski definition) is 4. The number of carbonyl (C=O) groups is 2. The van der Waals surface area contributed by atoms with Gasteiger partial charge >= 0.3 is 5.97 Å². The van der Waals surface area contributed by atoms with Crippen LogP contribution in [0.2, 0.25) is 0 Å². The Labute approximate surface area is 193 Å². The zero-order valence-electron chi connectivity index (χ0n) is 18.7. The van der Waals surface area contributed by atoms with Crippen LogP contribution in [0.25, 0.3) is 0 Å². The van der Waals surface area contributed by atoms with Crippen molar-refractivity contribution in [3.63, 3.8) is 0 Å². The van der Waals surface area contributed by atoms with E-state index < -0.39 is 5.97 Å². The lowest BCUT2D eigenvalue weighted by Crippen LogP contribution is -2.14. The molecular formula is C25H29N5O3. The Balaban J connectivity index is 0.000000280. The third-order valence-corrected chi connectivity index (χ3v) is 5.07. The van der Waals surface area contributed by atoms with Gasteiger partial charge in [-0.25, -0.2) is 9.78 Å². The minimum Gasteiger partial charge on any atom is -0.478 e. The molecule has 2 heterocycles. The van der Waals surface area contributed by atoms with Crippen LogP contribution in [0.4, 0.5) is 17.5 Å². The summed E-state index contributed by atoms with van der Waals surface area (Å²) in [6.07, 6.45) is 4.99. The van der Waals surface area contributed by atoms with Gasteiger partial charge in [0.15, 0.2) is 0 Å². The number of benzene rings is 2. The Bertz CT molecular complexity index is 1050. The monoisotopic (exact) mass is 447 g/mol. The summed E-state index contributed by atoms with van der Waals surface area (Å²) in [6, 6.07) is 16.8. The standard InChI is InChI=1S/C17H20N4O3.C8H9N/c1-2-3-4-15(22)21-17-18-10-9-14(20-17)19-11-12-5-7-13(8-6-12)16(23)24;1-2-4-8-7(3-1)5-6-9-8/h5-10H,2-4,11H2,1H3,(H,23,24)(H2,18,19,20,21,22);1-4,9H,5-6H2. The summed E-state index contributed by atoms with van der Waals surface area (Å²) in [7, 11) is 0. The first kappa shape index (κ1) is 23.7. The largest absolute Gasteiger partial charge is 0.478 e. The summed E-state index contributed by atoms with van der Waals surface area (Å²) in [5, 5.41) is 18.0. The molecule has 8 nitrogen and oxygen atoms in total. The molecule has 1 amide bonds. The Kier molecular flexibility index (Phi) is 8.76. The number of carboxylic acids is 1. The molecule has 3 aromatic rings. The van der Waals surface area contributed by atoms with Gasteiger partial charge < -0.3 is 15.7 Å². The van der Waals surface area contributed by atoms with Crippen LogP contribution in [0.5, 0.6) is 0 Å². The second kappa shape index (κ2) is 12.2. The number of anilines is 3. The Morgan fingerprint density at radius 1 is 1.09 bits per heavy atom. The quantitative estimate of drug-likeness (QED) is 0.400. The van der Waals surface area contributed by atoms with Crippen LogP contribution in [0, 0.1) is 0 Å². The molecule has 172 valence electrons. The van der Waals surface area contributed by atoms with Gasteiger partial charge in [-0.05, 0) is 48.2 Å². The van der Waals surface area contributed by atoms with Crippen molar-refractivity contribution < 1.29 is 14.7 Å². The normalized spacial score (nSPS) is 11.4. The molecule has 0 radical (unpaired) electrons. The Morgan fingerprint density at radius 2 is 1.88 bits per heavy atom. The van der Waals surface area contributed by atoms with E-state index in [0.717, 1.165) is 24.9 Å². The van der Waals surface area contributed by atoms with Gasteiger partial charge in [0.25, 0.3) is 0 Å². The van der Waals surface area contributed by atoms with Crippen LogP contribution in [-0.2, 0) is 17.8 Å². The molecule has 0 atom stereocenters. The number of aromatic nitrogens is 2. The van der Waals surface area contributed by atoms with Gasteiger partial charge in [-0.3, -0.25) is 10.1 Å². The highest BCUT2D eigenvalue weighted by Crippen LogP contribution is 2.20. The second-order valence-electron chi connectivity index (χ2n) is 7.61. The number of para-hydroxylation sites is 1. The van der Waals surface area contributed by atoms with Gasteiger partial charge in [0.2, 0.25) is 11.9 Å². The molecule has 0 unspecified atom stereocenters. The number of rotatable bonds is 8. The van der Waals surface area contributed by atoms with Crippen molar-refractivity contribution in [1.29, 1.82) is 0 Å². The zero-order chi connectivity index (χ0) is 23.5. The molecule has 2 aromatic carbocycles. The number of nitrogens with zero attached hydrogens (tertiary/aromatic N) is 2. The first-order valence-corrected chi connectivity index (χ1v) is 11.1. The SMILES string of the molecule is CCCCC(=O)Nc1nccc(NCc2ccc(C(=O)O)cc2)n1.c1ccc2c(c1)CCN2. The lowest BCUT2D eigenvalue weighted by atomic mass is 10.1. The number of fused-ring (bicyclic) bond motifs is 1. The predicted molar refractivity (Wildman–Crippen MR) is 130 cm³/mol. The molecule has 8 heteroatoms. The van der Waals surface area contributed by atoms with Crippen molar-refractivity contribution in [1.82, 2.24) is 9.97 Å². The third kappa shape index (κ3) is 7.60. The summed E-state index contributed by atoms with van der Waals surface area (Å²) in [5.74, 6) is -0.201. The van der Waals surface area contributed by atoms with E-state index in [0.29, 0.717) is 18.8 Å². The Hall–Kier alpha value is -3.94. The molecule has 0 spiro atoms. The third-order valence-electron chi connectivity index (χ3n) is 5.07. The van der Waals surface area contributed by atoms with E-state index in [9.17, 15) is 9.59 Å². The van der Waals surface area contributed by atoms with Crippen molar-refractivity contribution in [2.24, 2.45) is 0 Å². The van der Waals surface area contributed by atoms with Crippen LogP contribution in [0.3, 0.4) is 0 Å². The molecular weight excluding hydrogens is 418 g/mol. The minimum absolute atomic E-state index is 0.0988. The average Bonchev–Trinajstić information content (AvgIpc) is 3.31. The number of carboxylic acid groups (broad SMARTS) is 1. The average molecular weight is 448 g/mol. The van der Waals surface area contributed by atoms with Crippen molar-refractivity contribution in [2.45, 2.75) is 39.2 Å². The van der Waals surface area contributed by atoms with Gasteiger partial charge in [-0.1, -0.05) is 43.7 Å². The molecule has 1 aliphatic rings. The molecule has 1 aliphatic heterocycles. The molecule has 0 saturated carbocycles. The van der Waals surface area contributed by atoms with E-state index in [1.165, 1.54) is 17.7 Å². The van der Waals surface area contributed by atoms with E-state index in [1.54, 1.807) is 36.5 Å². The van der Waals surface area contributed by atoms with Gasteiger partial charge in [0, 0.05) is 31.4 Å². The summed E-state index contributed by atoms with van der Waals surface area (Å²) >= 11 is 0. The summed E-state index contributed by atoms with van der Waals surface area (Å²) in [5.41, 5.74) is 3.94. The molecule has 0 saturated heterocycles. The summed E-state index contributed by atoms with van der Waals surface area (Å²) < 4.78 is 0. The topological polar surface area (TPSA) is 116 Å². The number of unbranched alkanes of at least 4 members (excludes halogenated alkanes) is 1. The fourth-order valence-electron chi connectivity index (χ4n) is 3.24. The number of aromatic carboxylic acids is 1. The molecule has 0 aliphatic carbocycles. The van der Waals surface area contributed by atoms with Crippen LogP contribution in [0.15, 0.2) is 60.8 Å². The zero-order valence-corrected chi connectivity index (χ0v) is 18.7. The van der Waals surface area contributed by atoms with Crippen LogP contribution >= 0.6 is 0 Å². The molecule has 0 bridgehead atoms. The van der Waals surface area contributed by atoms with Crippen LogP contribution < -0.4 is 16.0 Å². The summed E-state index contributed by atoms with van der Waals surface area (Å²) in [4.78, 5) is 30.8. The van der Waals surface area contributed by atoms with E-state index in [-0.39, 0.29) is 17.4 Å². The number of hydrogen-bond acceptors (Lipinski definition) is 6. The minimum atomic E-state index is -0.950. The summed E-state index contributed by atoms with van der Waals surface area (Å²) in [6.45, 7) is 3.62. The molecule has 4 N–H and O–H groups in total. The van der Waals surface area contributed by atoms with E-state index >= 15 is 0 Å². The molecule has 33 heavy (non-hydrogen) atoms. The predicted octanol–water partition coefficient (Wildman–Crippen LogP) is 4.57. The van der Waals surface area contributed by atoms with Gasteiger partial charge in [-0.2, -0.15) is 4.98 Å². The smallest absolute Gasteiger partial charge is 0.335 e. The highest BCUT2D eigenvalue weighted by atomic mass is 16.4. The van der Waals surface area contributed by atoms with Gasteiger partial charge in [0.05, 0.1) is 5.56 Å². The molecule has 4 rings (SSSR count). The lowest BCUT2D eigenvalue weighted by molar-refractivity contribution is -0.116. The second-order valence-corrected chi connectivity index (χ2v) is 7.61. The van der Waals surface area contributed by atoms with Gasteiger partial charge in [-0.15, -0.1) is 0 Å². The maximum absolute atomic E-state index is 11.7. The highest BCUT2D eigenvalue weighted by Gasteiger charge is 2.07. The fourth-order valence-corrected chi connectivity index (χ4v) is 3.24. The van der Waals surface area contributed by atoms with E-state index in [2.05, 4.69) is 50.2 Å².